The molecular weight excluding hydrogens is 128 g/mol. The Morgan fingerprint density at radius 2 is 1.56 bits per heavy atom. The first kappa shape index (κ1) is 23.9. The van der Waals surface area contributed by atoms with E-state index in [-0.39, 0.29) is 17.8 Å². The van der Waals surface area contributed by atoms with Gasteiger partial charge in [-0.05, 0) is 6.92 Å². The Morgan fingerprint density at radius 1 is 1.44 bits per heavy atom. The van der Waals surface area contributed by atoms with E-state index in [2.05, 4.69) is 0 Å². The molecule has 6 nitrogen and oxygen atoms in total. The number of aliphatic hydroxyl groups is 1. The Labute approximate surface area is 53.0 Å². The zero-order chi connectivity index (χ0) is 5.15. The molecule has 0 radical (unpaired) electrons. The number of hydrogen-bond donors (Lipinski definition) is 4. The molecule has 0 aromatic heterocycles. The highest BCUT2D eigenvalue weighted by Crippen LogP contribution is 1.73. The standard InChI is InChI=1S/C3H6O3.2H3N.H2O/c1-2(4)3(5)6;;;/h2,4H,1H3,(H,5,6);2*1H3;1H2. The van der Waals surface area contributed by atoms with Gasteiger partial charge in [0.25, 0.3) is 0 Å². The molecule has 0 aliphatic carbocycles. The molecule has 0 heterocycles. The van der Waals surface area contributed by atoms with Crippen LogP contribution in [0, 0.1) is 0 Å². The number of aliphatic hydroxyl groups excluding tert-OH is 1. The summed E-state index contributed by atoms with van der Waals surface area (Å²) in [6, 6.07) is 0. The summed E-state index contributed by atoms with van der Waals surface area (Å²) in [5.41, 5.74) is 0. The number of carboxylic acids is 1. The molecule has 0 rings (SSSR count). The summed E-state index contributed by atoms with van der Waals surface area (Å²) in [6.07, 6.45) is -1.23. The molecule has 0 saturated heterocycles. The van der Waals surface area contributed by atoms with Gasteiger partial charge < -0.3 is 28.0 Å². The Morgan fingerprint density at radius 3 is 1.56 bits per heavy atom. The Kier molecular flexibility index (Phi) is 27.4. The molecule has 0 aromatic rings. The van der Waals surface area contributed by atoms with E-state index in [1.165, 1.54) is 6.92 Å². The second-order valence-electron chi connectivity index (χ2n) is 1.01. The van der Waals surface area contributed by atoms with Gasteiger partial charge in [-0.2, -0.15) is 0 Å². The van der Waals surface area contributed by atoms with E-state index in [0.717, 1.165) is 0 Å². The van der Waals surface area contributed by atoms with E-state index in [0.29, 0.717) is 0 Å². The summed E-state index contributed by atoms with van der Waals surface area (Å²) in [6.45, 7) is 1.20. The van der Waals surface area contributed by atoms with Crippen molar-refractivity contribution in [1.29, 1.82) is 0 Å². The fourth-order valence-electron chi connectivity index (χ4n) is 0. The van der Waals surface area contributed by atoms with Crippen molar-refractivity contribution >= 4 is 5.97 Å². The molecule has 0 saturated carbocycles. The molecule has 0 bridgehead atoms. The van der Waals surface area contributed by atoms with Crippen molar-refractivity contribution in [3.05, 3.63) is 0 Å². The summed E-state index contributed by atoms with van der Waals surface area (Å²) in [4.78, 5) is 9.45. The SMILES string of the molecule is CC(O)C(=O)O.N.N.O. The average Bonchev–Trinajstić information content (AvgIpc) is 1.36. The zero-order valence-corrected chi connectivity index (χ0v) is 5.29. The van der Waals surface area contributed by atoms with E-state index >= 15 is 0 Å². The monoisotopic (exact) mass is 142 g/mol. The predicted molar refractivity (Wildman–Crippen MR) is 33.0 cm³/mol. The van der Waals surface area contributed by atoms with Crippen LogP contribution in [0.25, 0.3) is 0 Å². The molecule has 0 spiro atoms. The minimum atomic E-state index is -1.23. The van der Waals surface area contributed by atoms with Crippen molar-refractivity contribution in [3.63, 3.8) is 0 Å². The molecule has 6 heteroatoms. The first-order chi connectivity index (χ1) is 2.64. The van der Waals surface area contributed by atoms with E-state index in [1.54, 1.807) is 0 Å². The van der Waals surface area contributed by atoms with E-state index < -0.39 is 12.1 Å². The summed E-state index contributed by atoms with van der Waals surface area (Å²) < 4.78 is 0. The topological polar surface area (TPSA) is 159 Å². The van der Waals surface area contributed by atoms with Crippen molar-refractivity contribution in [2.24, 2.45) is 0 Å². The normalized spacial score (nSPS) is 9.11. The molecule has 0 fully saturated rings. The molecule has 1 unspecified atom stereocenters. The molecule has 0 aliphatic heterocycles. The third-order valence-corrected chi connectivity index (χ3v) is 0.357. The lowest BCUT2D eigenvalue weighted by atomic mass is 10.4. The van der Waals surface area contributed by atoms with Gasteiger partial charge in [0.05, 0.1) is 0 Å². The highest BCUT2D eigenvalue weighted by molar-refractivity contribution is 5.71. The van der Waals surface area contributed by atoms with Gasteiger partial charge in [0.15, 0.2) is 0 Å². The maximum atomic E-state index is 9.45. The van der Waals surface area contributed by atoms with Gasteiger partial charge in [0.2, 0.25) is 0 Å². The van der Waals surface area contributed by atoms with Gasteiger partial charge in [0.1, 0.15) is 6.10 Å². The number of carbonyl (C=O) groups is 1. The van der Waals surface area contributed by atoms with Crippen molar-refractivity contribution in [1.82, 2.24) is 12.3 Å². The van der Waals surface area contributed by atoms with Crippen molar-refractivity contribution in [3.8, 4) is 0 Å². The summed E-state index contributed by atoms with van der Waals surface area (Å²) >= 11 is 0. The number of carboxylic acid groups (broad SMARTS) is 1. The van der Waals surface area contributed by atoms with Crippen LogP contribution in [0.1, 0.15) is 6.92 Å². The van der Waals surface area contributed by atoms with Gasteiger partial charge in [-0.25, -0.2) is 4.79 Å². The van der Waals surface area contributed by atoms with Crippen LogP contribution in [0.2, 0.25) is 0 Å². The molecule has 9 heavy (non-hydrogen) atoms. The second-order valence-corrected chi connectivity index (χ2v) is 1.01. The highest BCUT2D eigenvalue weighted by Gasteiger charge is 2.01. The van der Waals surface area contributed by atoms with Crippen molar-refractivity contribution < 1.29 is 20.5 Å². The minimum absolute atomic E-state index is 0. The number of rotatable bonds is 1. The van der Waals surface area contributed by atoms with Crippen LogP contribution < -0.4 is 12.3 Å². The van der Waals surface area contributed by atoms with E-state index in [4.69, 9.17) is 10.2 Å². The quantitative estimate of drug-likeness (QED) is 0.367. The second kappa shape index (κ2) is 10.3. The maximum absolute atomic E-state index is 9.45. The Hall–Kier alpha value is -0.690. The average molecular weight is 142 g/mol. The maximum Gasteiger partial charge on any atom is 0.332 e. The van der Waals surface area contributed by atoms with Crippen LogP contribution in [0.5, 0.6) is 0 Å². The zero-order valence-electron chi connectivity index (χ0n) is 5.29. The Bertz CT molecular complexity index is 64.8. The first-order valence-electron chi connectivity index (χ1n) is 1.55. The summed E-state index contributed by atoms with van der Waals surface area (Å²) in [5, 5.41) is 15.8. The Balaban J connectivity index is -0.0000000417. The van der Waals surface area contributed by atoms with E-state index in [1.807, 2.05) is 0 Å². The lowest BCUT2D eigenvalue weighted by molar-refractivity contribution is -0.145. The smallest absolute Gasteiger partial charge is 0.332 e. The molecule has 60 valence electrons. The fourth-order valence-corrected chi connectivity index (χ4v) is 0. The van der Waals surface area contributed by atoms with Gasteiger partial charge in [-0.1, -0.05) is 0 Å². The summed E-state index contributed by atoms with van der Waals surface area (Å²) in [5.74, 6) is -1.19. The van der Waals surface area contributed by atoms with Gasteiger partial charge in [-0.3, -0.25) is 0 Å². The number of aliphatic carboxylic acids is 1. The molecule has 0 aromatic carbocycles. The van der Waals surface area contributed by atoms with Crippen LogP contribution in [0.4, 0.5) is 0 Å². The third kappa shape index (κ3) is 18.8. The van der Waals surface area contributed by atoms with Crippen LogP contribution >= 0.6 is 0 Å². The van der Waals surface area contributed by atoms with Gasteiger partial charge in [-0.15, -0.1) is 0 Å². The third-order valence-electron chi connectivity index (χ3n) is 0.357. The first-order valence-corrected chi connectivity index (χ1v) is 1.55. The summed E-state index contributed by atoms with van der Waals surface area (Å²) in [7, 11) is 0. The predicted octanol–water partition coefficient (Wildman–Crippen LogP) is -1.05. The molecule has 10 N–H and O–H groups in total. The van der Waals surface area contributed by atoms with Crippen LogP contribution in [-0.2, 0) is 4.79 Å². The van der Waals surface area contributed by atoms with E-state index in [9.17, 15) is 4.79 Å². The van der Waals surface area contributed by atoms with Crippen LogP contribution in [-0.4, -0.2) is 27.8 Å². The van der Waals surface area contributed by atoms with Crippen LogP contribution in [0.3, 0.4) is 0 Å². The molecule has 1 atom stereocenters. The molecular formula is C3H14N2O4. The van der Waals surface area contributed by atoms with Gasteiger partial charge >= 0.3 is 5.97 Å². The fraction of sp³-hybridized carbons (Fsp3) is 0.667. The lowest BCUT2D eigenvalue weighted by Crippen LogP contribution is -2.13. The van der Waals surface area contributed by atoms with Crippen molar-refractivity contribution in [2.45, 2.75) is 13.0 Å². The molecule has 0 aliphatic rings. The lowest BCUT2D eigenvalue weighted by Gasteiger charge is -1.89. The minimum Gasteiger partial charge on any atom is -0.479 e. The highest BCUT2D eigenvalue weighted by atomic mass is 16.4. The van der Waals surface area contributed by atoms with Crippen molar-refractivity contribution in [2.75, 3.05) is 0 Å². The van der Waals surface area contributed by atoms with Gasteiger partial charge in [0, 0.05) is 0 Å². The molecule has 0 amide bonds. The largest absolute Gasteiger partial charge is 0.479 e. The number of hydrogen-bond acceptors (Lipinski definition) is 4. The van der Waals surface area contributed by atoms with Crippen LogP contribution in [0.15, 0.2) is 0 Å².